The van der Waals surface area contributed by atoms with E-state index in [0.29, 0.717) is 16.1 Å². The van der Waals surface area contributed by atoms with Crippen LogP contribution in [0.5, 0.6) is 0 Å². The van der Waals surface area contributed by atoms with Crippen molar-refractivity contribution in [3.8, 4) is 0 Å². The molecule has 1 aromatic carbocycles. The van der Waals surface area contributed by atoms with Gasteiger partial charge in [-0.1, -0.05) is 48.5 Å². The minimum absolute atomic E-state index is 0.478. The largest absolute Gasteiger partial charge is 0.378 e. The Morgan fingerprint density at radius 3 is 2.53 bits per heavy atom. The molecule has 1 aliphatic rings. The van der Waals surface area contributed by atoms with Crippen LogP contribution >= 0.6 is 23.2 Å². The summed E-state index contributed by atoms with van der Waals surface area (Å²) in [4.78, 5) is 0. The zero-order chi connectivity index (χ0) is 12.1. The van der Waals surface area contributed by atoms with Gasteiger partial charge in [-0.2, -0.15) is 0 Å². The molecule has 0 heterocycles. The Morgan fingerprint density at radius 2 is 1.82 bits per heavy atom. The standard InChI is InChI=1S/C14H18Cl2O/c15-13-7-6-11(10-14(13)16)8-9-17-12-4-2-1-3-5-12/h6-7,10,12H,1-5,8-9H2. The molecule has 0 aliphatic heterocycles. The molecular weight excluding hydrogens is 255 g/mol. The van der Waals surface area contributed by atoms with Gasteiger partial charge in [0.05, 0.1) is 22.8 Å². The van der Waals surface area contributed by atoms with Crippen molar-refractivity contribution in [2.24, 2.45) is 0 Å². The van der Waals surface area contributed by atoms with Crippen LogP contribution in [-0.2, 0) is 11.2 Å². The Hall–Kier alpha value is -0.240. The maximum Gasteiger partial charge on any atom is 0.0595 e. The van der Waals surface area contributed by atoms with Crippen molar-refractivity contribution in [1.29, 1.82) is 0 Å². The molecule has 1 aromatic rings. The quantitative estimate of drug-likeness (QED) is 0.759. The van der Waals surface area contributed by atoms with Crippen LogP contribution in [0.1, 0.15) is 37.7 Å². The molecule has 0 saturated heterocycles. The highest BCUT2D eigenvalue weighted by atomic mass is 35.5. The maximum atomic E-state index is 5.97. The van der Waals surface area contributed by atoms with Gasteiger partial charge >= 0.3 is 0 Å². The fraction of sp³-hybridized carbons (Fsp3) is 0.571. The lowest BCUT2D eigenvalue weighted by Gasteiger charge is -2.21. The molecule has 2 rings (SSSR count). The molecule has 1 fully saturated rings. The third-order valence-electron chi connectivity index (χ3n) is 3.28. The molecule has 0 aromatic heterocycles. The molecule has 0 amide bonds. The van der Waals surface area contributed by atoms with Gasteiger partial charge in [-0.25, -0.2) is 0 Å². The lowest BCUT2D eigenvalue weighted by atomic mass is 9.98. The van der Waals surface area contributed by atoms with Crippen LogP contribution in [0.15, 0.2) is 18.2 Å². The minimum atomic E-state index is 0.478. The molecule has 0 N–H and O–H groups in total. The Labute approximate surface area is 113 Å². The van der Waals surface area contributed by atoms with Crippen molar-refractivity contribution in [3.63, 3.8) is 0 Å². The van der Waals surface area contributed by atoms with E-state index in [1.807, 2.05) is 18.2 Å². The summed E-state index contributed by atoms with van der Waals surface area (Å²) in [6, 6.07) is 5.78. The second kappa shape index (κ2) is 6.63. The highest BCUT2D eigenvalue weighted by Gasteiger charge is 2.13. The molecule has 3 heteroatoms. The Morgan fingerprint density at radius 1 is 1.06 bits per heavy atom. The fourth-order valence-electron chi connectivity index (χ4n) is 2.27. The van der Waals surface area contributed by atoms with Crippen LogP contribution in [0.25, 0.3) is 0 Å². The molecule has 1 saturated carbocycles. The number of rotatable bonds is 4. The smallest absolute Gasteiger partial charge is 0.0595 e. The number of benzene rings is 1. The molecule has 0 bridgehead atoms. The number of ether oxygens (including phenoxy) is 1. The average Bonchev–Trinajstić information content (AvgIpc) is 2.35. The normalized spacial score (nSPS) is 17.3. The van der Waals surface area contributed by atoms with Crippen LogP contribution in [0, 0.1) is 0 Å². The van der Waals surface area contributed by atoms with Crippen LogP contribution in [0.4, 0.5) is 0 Å². The summed E-state index contributed by atoms with van der Waals surface area (Å²) >= 11 is 11.8. The van der Waals surface area contributed by atoms with E-state index in [4.69, 9.17) is 27.9 Å². The van der Waals surface area contributed by atoms with Gasteiger partial charge in [0.25, 0.3) is 0 Å². The van der Waals surface area contributed by atoms with E-state index < -0.39 is 0 Å². The summed E-state index contributed by atoms with van der Waals surface area (Å²) in [5, 5.41) is 1.24. The van der Waals surface area contributed by atoms with E-state index in [0.717, 1.165) is 13.0 Å². The monoisotopic (exact) mass is 272 g/mol. The Balaban J connectivity index is 1.75. The van der Waals surface area contributed by atoms with Gasteiger partial charge in [-0.15, -0.1) is 0 Å². The van der Waals surface area contributed by atoms with Gasteiger partial charge in [-0.05, 0) is 37.0 Å². The molecule has 0 unspecified atom stereocenters. The molecule has 0 spiro atoms. The number of hydrogen-bond donors (Lipinski definition) is 0. The van der Waals surface area contributed by atoms with Gasteiger partial charge in [0.2, 0.25) is 0 Å². The van der Waals surface area contributed by atoms with E-state index in [-0.39, 0.29) is 0 Å². The summed E-state index contributed by atoms with van der Waals surface area (Å²) in [5.41, 5.74) is 1.19. The summed E-state index contributed by atoms with van der Waals surface area (Å²) in [5.74, 6) is 0. The van der Waals surface area contributed by atoms with Crippen LogP contribution < -0.4 is 0 Å². The second-order valence-corrected chi connectivity index (χ2v) is 5.44. The van der Waals surface area contributed by atoms with E-state index in [1.54, 1.807) is 0 Å². The Bertz CT molecular complexity index is 359. The van der Waals surface area contributed by atoms with Crippen molar-refractivity contribution >= 4 is 23.2 Å². The van der Waals surface area contributed by atoms with Gasteiger partial charge in [0, 0.05) is 0 Å². The maximum absolute atomic E-state index is 5.97. The summed E-state index contributed by atoms with van der Waals surface area (Å²) < 4.78 is 5.88. The third kappa shape index (κ3) is 4.17. The molecular formula is C14H18Cl2O. The first kappa shape index (κ1) is 13.2. The van der Waals surface area contributed by atoms with E-state index in [9.17, 15) is 0 Å². The Kier molecular flexibility index (Phi) is 5.15. The molecule has 0 atom stereocenters. The fourth-order valence-corrected chi connectivity index (χ4v) is 2.59. The van der Waals surface area contributed by atoms with Crippen molar-refractivity contribution < 1.29 is 4.74 Å². The van der Waals surface area contributed by atoms with Crippen LogP contribution in [-0.4, -0.2) is 12.7 Å². The first-order chi connectivity index (χ1) is 8.25. The van der Waals surface area contributed by atoms with E-state index in [2.05, 4.69) is 0 Å². The van der Waals surface area contributed by atoms with Crippen molar-refractivity contribution in [1.82, 2.24) is 0 Å². The highest BCUT2D eigenvalue weighted by Crippen LogP contribution is 2.23. The van der Waals surface area contributed by atoms with Gasteiger partial charge in [0.1, 0.15) is 0 Å². The summed E-state index contributed by atoms with van der Waals surface area (Å²) in [6.07, 6.45) is 7.84. The van der Waals surface area contributed by atoms with Gasteiger partial charge < -0.3 is 4.74 Å². The molecule has 94 valence electrons. The van der Waals surface area contributed by atoms with E-state index >= 15 is 0 Å². The van der Waals surface area contributed by atoms with Crippen molar-refractivity contribution in [3.05, 3.63) is 33.8 Å². The summed E-state index contributed by atoms with van der Waals surface area (Å²) in [6.45, 7) is 0.780. The minimum Gasteiger partial charge on any atom is -0.378 e. The van der Waals surface area contributed by atoms with Gasteiger partial charge in [-0.3, -0.25) is 0 Å². The van der Waals surface area contributed by atoms with E-state index in [1.165, 1.54) is 37.7 Å². The molecule has 17 heavy (non-hydrogen) atoms. The van der Waals surface area contributed by atoms with Gasteiger partial charge in [0.15, 0.2) is 0 Å². The second-order valence-electron chi connectivity index (χ2n) is 4.63. The van der Waals surface area contributed by atoms with Crippen LogP contribution in [0.3, 0.4) is 0 Å². The molecule has 0 radical (unpaired) electrons. The van der Waals surface area contributed by atoms with Crippen LogP contribution in [0.2, 0.25) is 10.0 Å². The zero-order valence-electron chi connectivity index (χ0n) is 9.92. The number of hydrogen-bond acceptors (Lipinski definition) is 1. The predicted octanol–water partition coefficient (Wildman–Crippen LogP) is 4.89. The molecule has 1 aliphatic carbocycles. The topological polar surface area (TPSA) is 9.23 Å². The third-order valence-corrected chi connectivity index (χ3v) is 4.02. The molecule has 1 nitrogen and oxygen atoms in total. The lowest BCUT2D eigenvalue weighted by molar-refractivity contribution is 0.0303. The first-order valence-electron chi connectivity index (χ1n) is 6.31. The zero-order valence-corrected chi connectivity index (χ0v) is 11.4. The van der Waals surface area contributed by atoms with Crippen molar-refractivity contribution in [2.45, 2.75) is 44.6 Å². The summed E-state index contributed by atoms with van der Waals surface area (Å²) in [7, 11) is 0. The predicted molar refractivity (Wildman–Crippen MR) is 73.0 cm³/mol. The highest BCUT2D eigenvalue weighted by molar-refractivity contribution is 6.42. The lowest BCUT2D eigenvalue weighted by Crippen LogP contribution is -2.17. The average molecular weight is 273 g/mol. The number of halogens is 2. The SMILES string of the molecule is Clc1ccc(CCOC2CCCCC2)cc1Cl. The van der Waals surface area contributed by atoms with Crippen molar-refractivity contribution in [2.75, 3.05) is 6.61 Å². The first-order valence-corrected chi connectivity index (χ1v) is 7.07.